The highest BCUT2D eigenvalue weighted by atomic mass is 32.1. The lowest BCUT2D eigenvalue weighted by Gasteiger charge is -2.07. The number of hydrogen-bond donors (Lipinski definition) is 1. The first-order valence-electron chi connectivity index (χ1n) is 5.34. The van der Waals surface area contributed by atoms with Gasteiger partial charge in [-0.15, -0.1) is 11.3 Å². The number of rotatable bonds is 3. The zero-order chi connectivity index (χ0) is 10.8. The van der Waals surface area contributed by atoms with Crippen LogP contribution in [0, 0.1) is 0 Å². The second kappa shape index (κ2) is 4.29. The van der Waals surface area contributed by atoms with Gasteiger partial charge in [-0.05, 0) is 36.6 Å². The highest BCUT2D eigenvalue weighted by Crippen LogP contribution is 2.25. The minimum atomic E-state index is 0.418. The maximum absolute atomic E-state index is 5.66. The Kier molecular flexibility index (Phi) is 3.03. The van der Waals surface area contributed by atoms with Crippen molar-refractivity contribution in [2.75, 3.05) is 6.54 Å². The third kappa shape index (κ3) is 2.03. The summed E-state index contributed by atoms with van der Waals surface area (Å²) in [6, 6.07) is 6.49. The van der Waals surface area contributed by atoms with Gasteiger partial charge in [0.05, 0.1) is 15.2 Å². The van der Waals surface area contributed by atoms with E-state index in [1.165, 1.54) is 15.3 Å². The van der Waals surface area contributed by atoms with Crippen molar-refractivity contribution < 1.29 is 0 Å². The first-order valence-corrected chi connectivity index (χ1v) is 6.15. The fourth-order valence-corrected chi connectivity index (χ4v) is 2.47. The van der Waals surface area contributed by atoms with E-state index in [1.807, 2.05) is 0 Å². The smallest absolute Gasteiger partial charge is 0.0935 e. The molecule has 3 heteroatoms. The maximum atomic E-state index is 5.66. The van der Waals surface area contributed by atoms with Gasteiger partial charge >= 0.3 is 0 Å². The summed E-state index contributed by atoms with van der Waals surface area (Å²) < 4.78 is 1.28. The van der Waals surface area contributed by atoms with Gasteiger partial charge in [0.15, 0.2) is 0 Å². The van der Waals surface area contributed by atoms with Crippen LogP contribution >= 0.6 is 11.3 Å². The Bertz CT molecular complexity index is 462. The number of hydrogen-bond acceptors (Lipinski definition) is 3. The number of nitrogens with zero attached hydrogens (tertiary/aromatic N) is 1. The second-order valence-electron chi connectivity index (χ2n) is 3.83. The van der Waals surface area contributed by atoms with E-state index in [2.05, 4.69) is 37.0 Å². The van der Waals surface area contributed by atoms with Gasteiger partial charge in [0.1, 0.15) is 0 Å². The van der Waals surface area contributed by atoms with E-state index < -0.39 is 0 Å². The molecule has 0 aliphatic rings. The van der Waals surface area contributed by atoms with Crippen molar-refractivity contribution in [2.45, 2.75) is 26.2 Å². The summed E-state index contributed by atoms with van der Waals surface area (Å²) in [4.78, 5) is 4.59. The zero-order valence-electron chi connectivity index (χ0n) is 9.16. The average molecular weight is 220 g/mol. The molecule has 0 saturated carbocycles. The molecule has 0 amide bonds. The average Bonchev–Trinajstić information content (AvgIpc) is 2.69. The quantitative estimate of drug-likeness (QED) is 0.863. The van der Waals surface area contributed by atoms with Gasteiger partial charge in [0.25, 0.3) is 0 Å². The van der Waals surface area contributed by atoms with Gasteiger partial charge < -0.3 is 5.73 Å². The van der Waals surface area contributed by atoms with Crippen LogP contribution in [0.3, 0.4) is 0 Å². The lowest BCUT2D eigenvalue weighted by molar-refractivity contribution is 0.775. The van der Waals surface area contributed by atoms with E-state index >= 15 is 0 Å². The monoisotopic (exact) mass is 220 g/mol. The summed E-state index contributed by atoms with van der Waals surface area (Å²) in [5.74, 6) is 0.418. The minimum absolute atomic E-state index is 0.418. The number of fused-ring (bicyclic) bond motifs is 1. The highest BCUT2D eigenvalue weighted by molar-refractivity contribution is 7.18. The summed E-state index contributed by atoms with van der Waals surface area (Å²) in [5, 5.41) is 1.21. The summed E-state index contributed by atoms with van der Waals surface area (Å²) >= 11 is 1.78. The van der Waals surface area contributed by atoms with Gasteiger partial charge in [0, 0.05) is 0 Å². The topological polar surface area (TPSA) is 38.9 Å². The molecule has 0 radical (unpaired) electrons. The predicted octanol–water partition coefficient (Wildman–Crippen LogP) is 2.92. The van der Waals surface area contributed by atoms with Gasteiger partial charge in [-0.2, -0.15) is 0 Å². The standard InChI is InChI=1S/C12H16N2S/c1-3-12-14-10-6-9(8(2)7-13)4-5-11(10)15-12/h4-6,8H,3,7,13H2,1-2H3. The van der Waals surface area contributed by atoms with Crippen molar-refractivity contribution in [3.63, 3.8) is 0 Å². The molecule has 1 aromatic carbocycles. The third-order valence-electron chi connectivity index (χ3n) is 2.68. The van der Waals surface area contributed by atoms with Crippen molar-refractivity contribution in [2.24, 2.45) is 5.73 Å². The second-order valence-corrected chi connectivity index (χ2v) is 4.94. The highest BCUT2D eigenvalue weighted by Gasteiger charge is 2.07. The minimum Gasteiger partial charge on any atom is -0.330 e. The Labute approximate surface area is 94.1 Å². The molecule has 0 aliphatic carbocycles. The molecule has 2 rings (SSSR count). The Morgan fingerprint density at radius 3 is 2.93 bits per heavy atom. The SMILES string of the molecule is CCc1nc2cc(C(C)CN)ccc2s1. The Balaban J connectivity index is 2.45. The van der Waals surface area contributed by atoms with Gasteiger partial charge in [-0.3, -0.25) is 0 Å². The predicted molar refractivity (Wildman–Crippen MR) is 66.5 cm³/mol. The Morgan fingerprint density at radius 2 is 2.27 bits per heavy atom. The van der Waals surface area contributed by atoms with Crippen molar-refractivity contribution in [1.29, 1.82) is 0 Å². The molecule has 80 valence electrons. The molecule has 0 bridgehead atoms. The number of benzene rings is 1. The molecule has 1 unspecified atom stereocenters. The van der Waals surface area contributed by atoms with Crippen LogP contribution in [-0.4, -0.2) is 11.5 Å². The summed E-state index contributed by atoms with van der Waals surface area (Å²) in [7, 11) is 0. The molecular weight excluding hydrogens is 204 g/mol. The van der Waals surface area contributed by atoms with Crippen LogP contribution in [0.4, 0.5) is 0 Å². The van der Waals surface area contributed by atoms with Gasteiger partial charge in [0.2, 0.25) is 0 Å². The summed E-state index contributed by atoms with van der Waals surface area (Å²) in [5.41, 5.74) is 8.07. The van der Waals surface area contributed by atoms with Crippen molar-refractivity contribution >= 4 is 21.6 Å². The first kappa shape index (κ1) is 10.6. The molecule has 0 spiro atoms. The molecule has 2 aromatic rings. The van der Waals surface area contributed by atoms with Crippen molar-refractivity contribution in [3.8, 4) is 0 Å². The van der Waals surface area contributed by atoms with Crippen molar-refractivity contribution in [1.82, 2.24) is 4.98 Å². The molecule has 2 nitrogen and oxygen atoms in total. The normalized spacial score (nSPS) is 13.3. The fraction of sp³-hybridized carbons (Fsp3) is 0.417. The largest absolute Gasteiger partial charge is 0.330 e. The van der Waals surface area contributed by atoms with E-state index in [1.54, 1.807) is 11.3 Å². The fourth-order valence-electron chi connectivity index (χ4n) is 1.59. The Morgan fingerprint density at radius 1 is 1.47 bits per heavy atom. The van der Waals surface area contributed by atoms with Crippen LogP contribution in [0.1, 0.15) is 30.3 Å². The Hall–Kier alpha value is -0.930. The summed E-state index contributed by atoms with van der Waals surface area (Å²) in [6.07, 6.45) is 1.02. The van der Waals surface area contributed by atoms with Crippen LogP contribution in [0.2, 0.25) is 0 Å². The van der Waals surface area contributed by atoms with Gasteiger partial charge in [-0.25, -0.2) is 4.98 Å². The number of aryl methyl sites for hydroxylation is 1. The van der Waals surface area contributed by atoms with E-state index in [0.717, 1.165) is 11.9 Å². The van der Waals surface area contributed by atoms with Crippen LogP contribution in [0.25, 0.3) is 10.2 Å². The van der Waals surface area contributed by atoms with E-state index in [-0.39, 0.29) is 0 Å². The van der Waals surface area contributed by atoms with Crippen LogP contribution in [-0.2, 0) is 6.42 Å². The molecule has 1 aromatic heterocycles. The molecule has 0 fully saturated rings. The lowest BCUT2D eigenvalue weighted by Crippen LogP contribution is -2.08. The molecule has 0 aliphatic heterocycles. The molecule has 0 saturated heterocycles. The molecule has 2 N–H and O–H groups in total. The summed E-state index contributed by atoms with van der Waals surface area (Å²) in [6.45, 7) is 4.98. The van der Waals surface area contributed by atoms with E-state index in [9.17, 15) is 0 Å². The van der Waals surface area contributed by atoms with E-state index in [0.29, 0.717) is 12.5 Å². The van der Waals surface area contributed by atoms with Crippen LogP contribution in [0.15, 0.2) is 18.2 Å². The number of thiazole rings is 1. The maximum Gasteiger partial charge on any atom is 0.0935 e. The first-order chi connectivity index (χ1) is 7.24. The van der Waals surface area contributed by atoms with Crippen molar-refractivity contribution in [3.05, 3.63) is 28.8 Å². The van der Waals surface area contributed by atoms with Crippen LogP contribution < -0.4 is 5.73 Å². The zero-order valence-corrected chi connectivity index (χ0v) is 9.97. The molecule has 1 heterocycles. The molecule has 15 heavy (non-hydrogen) atoms. The third-order valence-corrected chi connectivity index (χ3v) is 3.86. The number of aromatic nitrogens is 1. The molecule has 1 atom stereocenters. The molecular formula is C12H16N2S. The lowest BCUT2D eigenvalue weighted by atomic mass is 10.0. The number of nitrogens with two attached hydrogens (primary N) is 1. The van der Waals surface area contributed by atoms with E-state index in [4.69, 9.17) is 5.73 Å². The van der Waals surface area contributed by atoms with Gasteiger partial charge in [-0.1, -0.05) is 19.9 Å². The van der Waals surface area contributed by atoms with Crippen LogP contribution in [0.5, 0.6) is 0 Å².